The maximum atomic E-state index is 12.0. The van der Waals surface area contributed by atoms with Gasteiger partial charge in [0.2, 0.25) is 0 Å². The van der Waals surface area contributed by atoms with Crippen molar-refractivity contribution in [2.24, 2.45) is 9.98 Å². The Bertz CT molecular complexity index is 1150. The number of carbonyl (C=O) groups is 5. The lowest BCUT2D eigenvalue weighted by molar-refractivity contribution is -0.296. The number of ether oxygens (including phenoxy) is 10. The molecule has 0 saturated carbocycles. The highest BCUT2D eigenvalue weighted by atomic mass is 16.8. The molecule has 3 saturated heterocycles. The Morgan fingerprint density at radius 1 is 0.773 bits per heavy atom. The lowest BCUT2D eigenvalue weighted by atomic mass is 9.97. The average molecular weight is 631 g/mol. The van der Waals surface area contributed by atoms with Gasteiger partial charge in [0.1, 0.15) is 24.9 Å². The van der Waals surface area contributed by atoms with Crippen LogP contribution >= 0.6 is 0 Å². The highest BCUT2D eigenvalue weighted by molar-refractivity contribution is 5.68. The van der Waals surface area contributed by atoms with Crippen molar-refractivity contribution in [3.05, 3.63) is 0 Å². The van der Waals surface area contributed by atoms with Gasteiger partial charge in [0.25, 0.3) is 0 Å². The van der Waals surface area contributed by atoms with E-state index >= 15 is 0 Å². The van der Waals surface area contributed by atoms with Crippen molar-refractivity contribution in [3.63, 3.8) is 0 Å². The van der Waals surface area contributed by atoms with Crippen molar-refractivity contribution < 1.29 is 71.3 Å². The Morgan fingerprint density at radius 2 is 1.34 bits per heavy atom. The van der Waals surface area contributed by atoms with Crippen molar-refractivity contribution in [2.75, 3.05) is 20.3 Å². The molecule has 0 N–H and O–H groups in total. The Morgan fingerprint density at radius 3 is 1.91 bits per heavy atom. The topological polar surface area (TPSA) is 202 Å². The van der Waals surface area contributed by atoms with Crippen molar-refractivity contribution in [1.29, 1.82) is 0 Å². The molecule has 0 aromatic heterocycles. The SMILES string of the molecule is CO[C@H]1O[C@H](CN=C=N[C@@H](COC(C)=O)[C@H]2O[C@@H]3OC(C)(C)O[C@@H]3[C@H]2OC(C)=O)[C@@H](OC(C)=O)[C@H](OC(C)=O)[C@H]1OC(C)=O. The summed E-state index contributed by atoms with van der Waals surface area (Å²) < 4.78 is 55.5. The van der Waals surface area contributed by atoms with E-state index in [-0.39, 0.29) is 13.2 Å². The lowest BCUT2D eigenvalue weighted by Crippen LogP contribution is -2.62. The Balaban J connectivity index is 1.87. The molecular formula is C27H38N2O15. The van der Waals surface area contributed by atoms with Crippen molar-refractivity contribution >= 4 is 35.9 Å². The van der Waals surface area contributed by atoms with Gasteiger partial charge in [-0.3, -0.25) is 24.0 Å². The predicted molar refractivity (Wildman–Crippen MR) is 142 cm³/mol. The molecule has 246 valence electrons. The summed E-state index contributed by atoms with van der Waals surface area (Å²) in [5.41, 5.74) is 0. The van der Waals surface area contributed by atoms with Crippen molar-refractivity contribution in [1.82, 2.24) is 0 Å². The van der Waals surface area contributed by atoms with Gasteiger partial charge in [-0.2, -0.15) is 0 Å². The van der Waals surface area contributed by atoms with Gasteiger partial charge in [0, 0.05) is 41.7 Å². The van der Waals surface area contributed by atoms with Gasteiger partial charge in [-0.05, 0) is 13.8 Å². The average Bonchev–Trinajstić information content (AvgIpc) is 3.37. The summed E-state index contributed by atoms with van der Waals surface area (Å²) in [5.74, 6) is -4.38. The standard InChI is InChI=1S/C27H38N2O15/c1-12(30)36-10-17(19-21(38-14(3)32)24-26(42-19)44-27(6,7)43-24)29-11-28-9-18-20(37-13(2)31)22(39-15(4)33)23(40-16(5)34)25(35-8)41-18/h17-26H,9-10H2,1-8H3/t17-,18+,19+,20+,21-,22-,23+,24+,25-,26+/m0/s1. The van der Waals surface area contributed by atoms with Gasteiger partial charge in [-0.25, -0.2) is 9.98 Å². The number of hydrogen-bond donors (Lipinski definition) is 0. The van der Waals surface area contributed by atoms with Crippen LogP contribution in [0.1, 0.15) is 48.5 Å². The summed E-state index contributed by atoms with van der Waals surface area (Å²) in [5, 5.41) is 0. The molecule has 3 heterocycles. The highest BCUT2D eigenvalue weighted by Gasteiger charge is 2.58. The third kappa shape index (κ3) is 9.27. The van der Waals surface area contributed by atoms with Gasteiger partial charge in [-0.15, -0.1) is 0 Å². The minimum absolute atomic E-state index is 0.253. The van der Waals surface area contributed by atoms with Crippen LogP contribution in [-0.4, -0.2) is 123 Å². The highest BCUT2D eigenvalue weighted by Crippen LogP contribution is 2.40. The van der Waals surface area contributed by atoms with Crippen LogP contribution < -0.4 is 0 Å². The molecule has 10 atom stereocenters. The fourth-order valence-electron chi connectivity index (χ4n) is 4.99. The smallest absolute Gasteiger partial charge is 0.303 e. The molecule has 0 bridgehead atoms. The zero-order valence-corrected chi connectivity index (χ0v) is 25.7. The number of fused-ring (bicyclic) bond motifs is 1. The zero-order valence-electron chi connectivity index (χ0n) is 25.7. The second-order valence-electron chi connectivity index (χ2n) is 10.6. The number of carbonyl (C=O) groups excluding carboxylic acids is 5. The first kappa shape index (κ1) is 35.0. The van der Waals surface area contributed by atoms with Crippen LogP contribution in [0.5, 0.6) is 0 Å². The van der Waals surface area contributed by atoms with E-state index in [9.17, 15) is 24.0 Å². The number of hydrogen-bond acceptors (Lipinski definition) is 17. The van der Waals surface area contributed by atoms with Crippen LogP contribution in [0, 0.1) is 0 Å². The fourth-order valence-corrected chi connectivity index (χ4v) is 4.99. The summed E-state index contributed by atoms with van der Waals surface area (Å²) in [7, 11) is 1.28. The molecule has 17 heteroatoms. The van der Waals surface area contributed by atoms with Gasteiger partial charge in [-0.1, -0.05) is 0 Å². The second kappa shape index (κ2) is 15.0. The molecule has 44 heavy (non-hydrogen) atoms. The molecule has 0 amide bonds. The van der Waals surface area contributed by atoms with E-state index in [1.54, 1.807) is 13.8 Å². The maximum Gasteiger partial charge on any atom is 0.303 e. The second-order valence-corrected chi connectivity index (χ2v) is 10.6. The third-order valence-electron chi connectivity index (χ3n) is 6.46. The first-order valence-electron chi connectivity index (χ1n) is 13.7. The molecule has 0 radical (unpaired) electrons. The van der Waals surface area contributed by atoms with Crippen LogP contribution in [0.4, 0.5) is 0 Å². The molecule has 3 fully saturated rings. The number of esters is 5. The minimum atomic E-state index is -1.30. The molecule has 17 nitrogen and oxygen atoms in total. The molecule has 0 aromatic rings. The van der Waals surface area contributed by atoms with Gasteiger partial charge < -0.3 is 47.4 Å². The van der Waals surface area contributed by atoms with E-state index in [1.165, 1.54) is 21.0 Å². The summed E-state index contributed by atoms with van der Waals surface area (Å²) >= 11 is 0. The zero-order chi connectivity index (χ0) is 32.8. The van der Waals surface area contributed by atoms with E-state index < -0.39 is 97.0 Å². The quantitative estimate of drug-likeness (QED) is 0.168. The summed E-state index contributed by atoms with van der Waals surface area (Å²) in [6, 6.07) is 1.52. The monoisotopic (exact) mass is 630 g/mol. The summed E-state index contributed by atoms with van der Waals surface area (Å²) in [6.45, 7) is 8.67. The van der Waals surface area contributed by atoms with E-state index in [0.29, 0.717) is 0 Å². The van der Waals surface area contributed by atoms with Crippen LogP contribution in [0.2, 0.25) is 0 Å². The molecule has 3 aliphatic rings. The molecule has 3 aliphatic heterocycles. The number of rotatable bonds is 11. The maximum absolute atomic E-state index is 12.0. The minimum Gasteiger partial charge on any atom is -0.463 e. The molecule has 0 spiro atoms. The van der Waals surface area contributed by atoms with Crippen LogP contribution in [0.25, 0.3) is 0 Å². The molecule has 0 aliphatic carbocycles. The largest absolute Gasteiger partial charge is 0.463 e. The molecule has 0 unspecified atom stereocenters. The summed E-state index contributed by atoms with van der Waals surface area (Å²) in [4.78, 5) is 67.5. The van der Waals surface area contributed by atoms with Crippen LogP contribution in [0.3, 0.4) is 0 Å². The van der Waals surface area contributed by atoms with Crippen molar-refractivity contribution in [2.45, 2.75) is 116 Å². The number of methoxy groups -OCH3 is 1. The normalized spacial score (nSPS) is 32.7. The van der Waals surface area contributed by atoms with E-state index in [4.69, 9.17) is 47.4 Å². The molecule has 3 rings (SSSR count). The molecule has 0 aromatic carbocycles. The van der Waals surface area contributed by atoms with Crippen LogP contribution in [-0.2, 0) is 71.3 Å². The Kier molecular flexibility index (Phi) is 11.9. The fraction of sp³-hybridized carbons (Fsp3) is 0.778. The third-order valence-corrected chi connectivity index (χ3v) is 6.46. The Labute approximate surface area is 253 Å². The van der Waals surface area contributed by atoms with Gasteiger partial charge >= 0.3 is 29.8 Å². The van der Waals surface area contributed by atoms with E-state index in [0.717, 1.165) is 20.8 Å². The first-order valence-corrected chi connectivity index (χ1v) is 13.7. The lowest BCUT2D eigenvalue weighted by Gasteiger charge is -2.43. The van der Waals surface area contributed by atoms with Crippen LogP contribution in [0.15, 0.2) is 9.98 Å². The van der Waals surface area contributed by atoms with E-state index in [1.807, 2.05) is 0 Å². The number of aliphatic imine (C=N–C) groups is 2. The Hall–Kier alpha value is -3.47. The molecular weight excluding hydrogens is 592 g/mol. The number of nitrogens with zero attached hydrogens (tertiary/aromatic N) is 2. The van der Waals surface area contributed by atoms with E-state index in [2.05, 4.69) is 16.0 Å². The van der Waals surface area contributed by atoms with Crippen molar-refractivity contribution in [3.8, 4) is 0 Å². The summed E-state index contributed by atoms with van der Waals surface area (Å²) in [6.07, 6.45) is -9.72. The predicted octanol–water partition coefficient (Wildman–Crippen LogP) is 0.0665. The van der Waals surface area contributed by atoms with Gasteiger partial charge in [0.15, 0.2) is 48.9 Å². The van der Waals surface area contributed by atoms with Gasteiger partial charge in [0.05, 0.1) is 12.6 Å². The first-order chi connectivity index (χ1) is 20.6.